The Labute approximate surface area is 172 Å². The van der Waals surface area contributed by atoms with Crippen LogP contribution in [0.2, 0.25) is 5.02 Å². The van der Waals surface area contributed by atoms with Crippen LogP contribution in [-0.4, -0.2) is 38.1 Å². The minimum atomic E-state index is 0. The Kier molecular flexibility index (Phi) is 11.9. The van der Waals surface area contributed by atoms with Crippen LogP contribution in [0.25, 0.3) is 0 Å². The molecule has 0 heterocycles. The zero-order chi connectivity index (χ0) is 18.6. The highest BCUT2D eigenvalue weighted by Crippen LogP contribution is 2.32. The summed E-state index contributed by atoms with van der Waals surface area (Å²) in [7, 11) is 0. The second-order valence-electron chi connectivity index (χ2n) is 5.57. The van der Waals surface area contributed by atoms with Crippen LogP contribution in [0, 0.1) is 0 Å². The Hall–Kier alpha value is -1.50. The van der Waals surface area contributed by atoms with Crippen molar-refractivity contribution in [1.82, 2.24) is 5.32 Å². The SMILES string of the molecule is CCOc1cccc(CNCCOCCO)c1OCc1ccccc1Cl.Cl. The number of benzene rings is 2. The second-order valence-corrected chi connectivity index (χ2v) is 5.98. The fraction of sp³-hybridized carbons (Fsp3) is 0.400. The third-order valence-corrected chi connectivity index (χ3v) is 4.03. The van der Waals surface area contributed by atoms with Crippen molar-refractivity contribution in [2.24, 2.45) is 0 Å². The smallest absolute Gasteiger partial charge is 0.166 e. The average molecular weight is 416 g/mol. The number of aliphatic hydroxyl groups excluding tert-OH is 1. The lowest BCUT2D eigenvalue weighted by molar-refractivity contribution is 0.0937. The topological polar surface area (TPSA) is 60.0 Å². The van der Waals surface area contributed by atoms with Crippen molar-refractivity contribution < 1.29 is 19.3 Å². The average Bonchev–Trinajstić information content (AvgIpc) is 2.65. The first-order valence-electron chi connectivity index (χ1n) is 8.76. The second kappa shape index (κ2) is 13.6. The fourth-order valence-corrected chi connectivity index (χ4v) is 2.62. The monoisotopic (exact) mass is 415 g/mol. The number of aliphatic hydroxyl groups is 1. The van der Waals surface area contributed by atoms with E-state index in [1.807, 2.05) is 49.4 Å². The van der Waals surface area contributed by atoms with Gasteiger partial charge in [-0.25, -0.2) is 0 Å². The van der Waals surface area contributed by atoms with Gasteiger partial charge in [-0.05, 0) is 19.1 Å². The summed E-state index contributed by atoms with van der Waals surface area (Å²) in [5.74, 6) is 1.44. The molecular weight excluding hydrogens is 389 g/mol. The van der Waals surface area contributed by atoms with Gasteiger partial charge in [0.15, 0.2) is 11.5 Å². The molecule has 0 aliphatic heterocycles. The summed E-state index contributed by atoms with van der Waals surface area (Å²) < 4.78 is 17.0. The van der Waals surface area contributed by atoms with Crippen LogP contribution in [0.4, 0.5) is 0 Å². The van der Waals surface area contributed by atoms with Gasteiger partial charge >= 0.3 is 0 Å². The molecular formula is C20H27Cl2NO4. The molecule has 0 aromatic heterocycles. The number of nitrogens with one attached hydrogen (secondary N) is 1. The van der Waals surface area contributed by atoms with E-state index in [0.29, 0.717) is 44.5 Å². The van der Waals surface area contributed by atoms with Crippen molar-refractivity contribution in [1.29, 1.82) is 0 Å². The van der Waals surface area contributed by atoms with Crippen LogP contribution >= 0.6 is 24.0 Å². The van der Waals surface area contributed by atoms with Gasteiger partial charge < -0.3 is 24.6 Å². The molecule has 0 amide bonds. The Bertz CT molecular complexity index is 670. The summed E-state index contributed by atoms with van der Waals surface area (Å²) in [6.07, 6.45) is 0. The minimum absolute atomic E-state index is 0. The highest BCUT2D eigenvalue weighted by Gasteiger charge is 2.12. The predicted molar refractivity (Wildman–Crippen MR) is 110 cm³/mol. The van der Waals surface area contributed by atoms with Gasteiger partial charge in [-0.2, -0.15) is 0 Å². The van der Waals surface area contributed by atoms with Crippen molar-refractivity contribution in [3.8, 4) is 11.5 Å². The molecule has 0 aliphatic rings. The van der Waals surface area contributed by atoms with Gasteiger partial charge in [0.05, 0.1) is 26.4 Å². The third-order valence-electron chi connectivity index (χ3n) is 3.66. The summed E-state index contributed by atoms with van der Waals surface area (Å²) in [4.78, 5) is 0. The highest BCUT2D eigenvalue weighted by molar-refractivity contribution is 6.31. The van der Waals surface area contributed by atoms with E-state index in [4.69, 9.17) is 30.9 Å². The molecule has 0 bridgehead atoms. The van der Waals surface area contributed by atoms with E-state index in [-0.39, 0.29) is 19.0 Å². The van der Waals surface area contributed by atoms with Crippen molar-refractivity contribution in [3.05, 3.63) is 58.6 Å². The van der Waals surface area contributed by atoms with Crippen LogP contribution in [0.5, 0.6) is 11.5 Å². The van der Waals surface area contributed by atoms with Gasteiger partial charge in [-0.1, -0.05) is 41.9 Å². The van der Waals surface area contributed by atoms with E-state index in [2.05, 4.69) is 5.32 Å². The van der Waals surface area contributed by atoms with Gasteiger partial charge in [-0.15, -0.1) is 12.4 Å². The zero-order valence-electron chi connectivity index (χ0n) is 15.4. The Morgan fingerprint density at radius 3 is 2.52 bits per heavy atom. The molecule has 2 N–H and O–H groups in total. The van der Waals surface area contributed by atoms with E-state index >= 15 is 0 Å². The van der Waals surface area contributed by atoms with Crippen molar-refractivity contribution in [2.45, 2.75) is 20.1 Å². The summed E-state index contributed by atoms with van der Waals surface area (Å²) in [5, 5.41) is 12.7. The number of halogens is 2. The lowest BCUT2D eigenvalue weighted by Gasteiger charge is -2.17. The van der Waals surface area contributed by atoms with Gasteiger partial charge in [0.25, 0.3) is 0 Å². The maximum Gasteiger partial charge on any atom is 0.166 e. The molecule has 0 spiro atoms. The number of hydrogen-bond donors (Lipinski definition) is 2. The molecule has 0 atom stereocenters. The number of para-hydroxylation sites is 1. The third kappa shape index (κ3) is 7.95. The Morgan fingerprint density at radius 1 is 1.00 bits per heavy atom. The Balaban J connectivity index is 0.00000364. The fourth-order valence-electron chi connectivity index (χ4n) is 2.43. The zero-order valence-corrected chi connectivity index (χ0v) is 17.0. The lowest BCUT2D eigenvalue weighted by atomic mass is 10.1. The lowest BCUT2D eigenvalue weighted by Crippen LogP contribution is -2.20. The standard InChI is InChI=1S/C20H26ClNO4.ClH/c1-2-25-19-9-5-7-16(14-22-10-12-24-13-11-23)20(19)26-15-17-6-3-4-8-18(17)21;/h3-9,22-23H,2,10-15H2,1H3;1H. The van der Waals surface area contributed by atoms with Crippen LogP contribution in [0.3, 0.4) is 0 Å². The summed E-state index contributed by atoms with van der Waals surface area (Å²) >= 11 is 6.22. The molecule has 2 aromatic carbocycles. The summed E-state index contributed by atoms with van der Waals surface area (Å²) in [6, 6.07) is 13.5. The van der Waals surface area contributed by atoms with E-state index in [1.165, 1.54) is 0 Å². The first-order chi connectivity index (χ1) is 12.8. The maximum atomic E-state index is 8.71. The van der Waals surface area contributed by atoms with E-state index in [9.17, 15) is 0 Å². The molecule has 2 aromatic rings. The first-order valence-corrected chi connectivity index (χ1v) is 9.14. The summed E-state index contributed by atoms with van der Waals surface area (Å²) in [6.45, 7) is 5.13. The minimum Gasteiger partial charge on any atom is -0.490 e. The normalized spacial score (nSPS) is 10.3. The van der Waals surface area contributed by atoms with Crippen molar-refractivity contribution in [3.63, 3.8) is 0 Å². The van der Waals surface area contributed by atoms with Crippen molar-refractivity contribution in [2.75, 3.05) is 33.0 Å². The molecule has 0 radical (unpaired) electrons. The molecule has 2 rings (SSSR count). The van der Waals surface area contributed by atoms with Crippen LogP contribution in [-0.2, 0) is 17.9 Å². The van der Waals surface area contributed by atoms with Crippen LogP contribution in [0.1, 0.15) is 18.1 Å². The number of hydrogen-bond acceptors (Lipinski definition) is 5. The number of rotatable bonds is 12. The van der Waals surface area contributed by atoms with Crippen LogP contribution < -0.4 is 14.8 Å². The van der Waals surface area contributed by atoms with Gasteiger partial charge in [0.2, 0.25) is 0 Å². The van der Waals surface area contributed by atoms with Gasteiger partial charge in [0.1, 0.15) is 6.61 Å². The van der Waals surface area contributed by atoms with Crippen LogP contribution in [0.15, 0.2) is 42.5 Å². The molecule has 27 heavy (non-hydrogen) atoms. The molecule has 150 valence electrons. The van der Waals surface area contributed by atoms with Gasteiger partial charge in [-0.3, -0.25) is 0 Å². The first kappa shape index (κ1) is 23.5. The molecule has 0 aliphatic carbocycles. The largest absolute Gasteiger partial charge is 0.490 e. The van der Waals surface area contributed by atoms with E-state index < -0.39 is 0 Å². The molecule has 0 fully saturated rings. The molecule has 7 heteroatoms. The molecule has 5 nitrogen and oxygen atoms in total. The Morgan fingerprint density at radius 2 is 1.78 bits per heavy atom. The quantitative estimate of drug-likeness (QED) is 0.515. The molecule has 0 saturated carbocycles. The predicted octanol–water partition coefficient (Wildman–Crippen LogP) is 3.84. The molecule has 0 unspecified atom stereocenters. The van der Waals surface area contributed by atoms with Gasteiger partial charge in [0, 0.05) is 29.2 Å². The van der Waals surface area contributed by atoms with E-state index in [0.717, 1.165) is 22.6 Å². The van der Waals surface area contributed by atoms with E-state index in [1.54, 1.807) is 0 Å². The highest BCUT2D eigenvalue weighted by atomic mass is 35.5. The maximum absolute atomic E-state index is 8.71. The molecule has 0 saturated heterocycles. The summed E-state index contributed by atoms with van der Waals surface area (Å²) in [5.41, 5.74) is 1.93. The van der Waals surface area contributed by atoms with Crippen molar-refractivity contribution >= 4 is 24.0 Å². The number of ether oxygens (including phenoxy) is 3.